The molecule has 0 saturated heterocycles. The molecule has 0 saturated carbocycles. The summed E-state index contributed by atoms with van der Waals surface area (Å²) < 4.78 is 85.9. The number of nitrogens with zero attached hydrogens (tertiary/aromatic N) is 1. The number of aromatic amines is 1. The fourth-order valence-corrected chi connectivity index (χ4v) is 0.955. The van der Waals surface area contributed by atoms with Gasteiger partial charge in [0.25, 0.3) is 0 Å². The van der Waals surface area contributed by atoms with Crippen LogP contribution in [0.5, 0.6) is 0 Å². The molecule has 1 heterocycles. The lowest BCUT2D eigenvalue weighted by atomic mass is 10.1. The van der Waals surface area contributed by atoms with E-state index in [1.54, 1.807) is 0 Å². The minimum absolute atomic E-state index is 0.500. The van der Waals surface area contributed by atoms with E-state index in [9.17, 15) is 30.7 Å². The fraction of sp³-hybridized carbons (Fsp3) is 0.571. The average Bonchev–Trinajstić information content (AvgIpc) is 2.53. The maximum atomic E-state index is 12.8. The summed E-state index contributed by atoms with van der Waals surface area (Å²) in [5.41, 5.74) is 0. The standard InChI is InChI=1S/C7H5F7N2/c8-5(9,3-16-2-1-15-4-16)6(10,11)7(12,13)14/h1-2,4H,3H2/p+1. The molecule has 1 N–H and O–H groups in total. The number of imidazole rings is 1. The van der Waals surface area contributed by atoms with E-state index in [-0.39, 0.29) is 0 Å². The van der Waals surface area contributed by atoms with Crippen molar-refractivity contribution < 1.29 is 35.3 Å². The van der Waals surface area contributed by atoms with Gasteiger partial charge in [0.15, 0.2) is 6.54 Å². The number of rotatable bonds is 3. The summed E-state index contributed by atoms with van der Waals surface area (Å²) >= 11 is 0. The van der Waals surface area contributed by atoms with E-state index in [1.165, 1.54) is 0 Å². The van der Waals surface area contributed by atoms with Gasteiger partial charge in [-0.3, -0.25) is 4.98 Å². The molecule has 0 unspecified atom stereocenters. The lowest BCUT2D eigenvalue weighted by molar-refractivity contribution is -0.718. The van der Waals surface area contributed by atoms with E-state index in [0.29, 0.717) is 4.57 Å². The SMILES string of the molecule is FC(F)(F)C(F)(F)C(F)(F)C[n+]1cc[nH]c1. The number of hydrogen-bond acceptors (Lipinski definition) is 0. The maximum absolute atomic E-state index is 12.8. The summed E-state index contributed by atoms with van der Waals surface area (Å²) in [5, 5.41) is 0. The van der Waals surface area contributed by atoms with Gasteiger partial charge >= 0.3 is 18.0 Å². The van der Waals surface area contributed by atoms with Crippen LogP contribution < -0.4 is 4.57 Å². The van der Waals surface area contributed by atoms with Gasteiger partial charge in [-0.15, -0.1) is 0 Å². The molecule has 0 amide bonds. The summed E-state index contributed by atoms with van der Waals surface area (Å²) in [6.45, 7) is -1.76. The molecule has 9 heteroatoms. The first-order valence-corrected chi connectivity index (χ1v) is 3.92. The van der Waals surface area contributed by atoms with Gasteiger partial charge in [0, 0.05) is 0 Å². The molecular weight excluding hydrogens is 245 g/mol. The van der Waals surface area contributed by atoms with Crippen molar-refractivity contribution in [3.05, 3.63) is 18.7 Å². The Kier molecular flexibility index (Phi) is 2.90. The molecule has 2 nitrogen and oxygen atoms in total. The highest BCUT2D eigenvalue weighted by Crippen LogP contribution is 2.46. The number of aromatic nitrogens is 2. The second-order valence-electron chi connectivity index (χ2n) is 3.06. The molecule has 0 bridgehead atoms. The second kappa shape index (κ2) is 3.63. The molecule has 0 aliphatic carbocycles. The van der Waals surface area contributed by atoms with Crippen LogP contribution in [0.2, 0.25) is 0 Å². The van der Waals surface area contributed by atoms with Crippen LogP contribution in [0.15, 0.2) is 18.7 Å². The van der Waals surface area contributed by atoms with Crippen molar-refractivity contribution in [2.24, 2.45) is 0 Å². The summed E-state index contributed by atoms with van der Waals surface area (Å²) in [6.07, 6.45) is -3.41. The van der Waals surface area contributed by atoms with Crippen molar-refractivity contribution in [2.75, 3.05) is 0 Å². The topological polar surface area (TPSA) is 19.7 Å². The van der Waals surface area contributed by atoms with E-state index < -0.39 is 24.6 Å². The van der Waals surface area contributed by atoms with Crippen LogP contribution in [0.3, 0.4) is 0 Å². The Morgan fingerprint density at radius 1 is 1.00 bits per heavy atom. The molecule has 0 fully saturated rings. The zero-order valence-corrected chi connectivity index (χ0v) is 7.53. The Hall–Kier alpha value is -1.28. The Bertz CT molecular complexity index is 340. The molecule has 0 radical (unpaired) electrons. The van der Waals surface area contributed by atoms with Crippen molar-refractivity contribution in [3.63, 3.8) is 0 Å². The Labute approximate surface area is 84.7 Å². The number of halogens is 7. The van der Waals surface area contributed by atoms with Crippen LogP contribution in [0, 0.1) is 0 Å². The number of hydrogen-bond donors (Lipinski definition) is 1. The van der Waals surface area contributed by atoms with Gasteiger partial charge in [-0.2, -0.15) is 30.7 Å². The summed E-state index contributed by atoms with van der Waals surface area (Å²) in [7, 11) is 0. The van der Waals surface area contributed by atoms with Crippen molar-refractivity contribution >= 4 is 0 Å². The second-order valence-corrected chi connectivity index (χ2v) is 3.06. The lowest BCUT2D eigenvalue weighted by Gasteiger charge is -2.26. The van der Waals surface area contributed by atoms with Crippen LogP contribution in [-0.2, 0) is 6.54 Å². The van der Waals surface area contributed by atoms with Gasteiger partial charge in [-0.05, 0) is 0 Å². The first-order valence-electron chi connectivity index (χ1n) is 3.92. The van der Waals surface area contributed by atoms with E-state index in [0.717, 1.165) is 18.7 Å². The third-order valence-corrected chi connectivity index (χ3v) is 1.80. The van der Waals surface area contributed by atoms with Gasteiger partial charge < -0.3 is 0 Å². The van der Waals surface area contributed by atoms with Gasteiger partial charge in [-0.25, -0.2) is 4.57 Å². The quantitative estimate of drug-likeness (QED) is 0.627. The van der Waals surface area contributed by atoms with E-state index in [4.69, 9.17) is 0 Å². The van der Waals surface area contributed by atoms with Crippen LogP contribution in [0.25, 0.3) is 0 Å². The first kappa shape index (κ1) is 12.8. The zero-order chi connectivity index (χ0) is 12.6. The molecule has 1 aromatic rings. The van der Waals surface area contributed by atoms with Crippen LogP contribution >= 0.6 is 0 Å². The van der Waals surface area contributed by atoms with Crippen LogP contribution in [0.1, 0.15) is 0 Å². The predicted molar refractivity (Wildman–Crippen MR) is 36.9 cm³/mol. The molecule has 0 spiro atoms. The number of nitrogens with one attached hydrogen (secondary N) is 1. The number of H-pyrrole nitrogens is 1. The molecule has 92 valence electrons. The Balaban J connectivity index is 2.93. The molecule has 0 aliphatic rings. The first-order chi connectivity index (χ1) is 7.08. The Morgan fingerprint density at radius 3 is 1.94 bits per heavy atom. The van der Waals surface area contributed by atoms with Gasteiger partial charge in [0.2, 0.25) is 6.33 Å². The van der Waals surface area contributed by atoms with Crippen molar-refractivity contribution in [1.29, 1.82) is 0 Å². The minimum atomic E-state index is -6.28. The van der Waals surface area contributed by atoms with E-state index in [1.807, 2.05) is 0 Å². The van der Waals surface area contributed by atoms with E-state index in [2.05, 4.69) is 4.98 Å². The summed E-state index contributed by atoms with van der Waals surface area (Å²) in [4.78, 5) is 2.25. The third kappa shape index (κ3) is 2.12. The van der Waals surface area contributed by atoms with Crippen LogP contribution in [-0.4, -0.2) is 23.0 Å². The highest BCUT2D eigenvalue weighted by Gasteiger charge is 2.73. The third-order valence-electron chi connectivity index (χ3n) is 1.80. The smallest absolute Gasteiger partial charge is 0.250 e. The highest BCUT2D eigenvalue weighted by atomic mass is 19.4. The van der Waals surface area contributed by atoms with Gasteiger partial charge in [0.1, 0.15) is 12.4 Å². The molecular formula is C7H6F7N2+. The maximum Gasteiger partial charge on any atom is 0.460 e. The lowest BCUT2D eigenvalue weighted by Crippen LogP contribution is -2.58. The molecule has 1 aromatic heterocycles. The van der Waals surface area contributed by atoms with Crippen molar-refractivity contribution in [2.45, 2.75) is 24.6 Å². The summed E-state index contributed by atoms with van der Waals surface area (Å²) in [6, 6.07) is 0. The van der Waals surface area contributed by atoms with Gasteiger partial charge in [0.05, 0.1) is 0 Å². The molecule has 1 rings (SSSR count). The fourth-order valence-electron chi connectivity index (χ4n) is 0.955. The average molecular weight is 251 g/mol. The van der Waals surface area contributed by atoms with Gasteiger partial charge in [-0.1, -0.05) is 0 Å². The largest absolute Gasteiger partial charge is 0.460 e. The predicted octanol–water partition coefficient (Wildman–Crippen LogP) is 2.14. The summed E-state index contributed by atoms with van der Waals surface area (Å²) in [5.74, 6) is -11.3. The monoisotopic (exact) mass is 251 g/mol. The highest BCUT2D eigenvalue weighted by molar-refractivity contribution is 4.88. The van der Waals surface area contributed by atoms with Crippen LogP contribution in [0.4, 0.5) is 30.7 Å². The molecule has 0 aromatic carbocycles. The number of alkyl halides is 7. The molecule has 0 atom stereocenters. The normalized spacial score (nSPS) is 14.2. The van der Waals surface area contributed by atoms with Crippen molar-refractivity contribution in [1.82, 2.24) is 4.98 Å². The van der Waals surface area contributed by atoms with Crippen molar-refractivity contribution in [3.8, 4) is 0 Å². The minimum Gasteiger partial charge on any atom is -0.250 e. The molecule has 0 aliphatic heterocycles. The zero-order valence-electron chi connectivity index (χ0n) is 7.53. The van der Waals surface area contributed by atoms with E-state index >= 15 is 0 Å². The Morgan fingerprint density at radius 2 is 1.56 bits per heavy atom. The molecule has 16 heavy (non-hydrogen) atoms.